The Balaban J connectivity index is 0.00000200. The number of rotatable bonds is 4. The van der Waals surface area contributed by atoms with E-state index in [4.69, 9.17) is 9.47 Å². The van der Waals surface area contributed by atoms with Crippen molar-refractivity contribution in [2.24, 2.45) is 0 Å². The Bertz CT molecular complexity index is 443. The second-order valence-corrected chi connectivity index (χ2v) is 5.54. The molecule has 122 valence electrons. The average molecular weight is 402 g/mol. The van der Waals surface area contributed by atoms with E-state index in [9.17, 15) is 0 Å². The molecule has 21 heavy (non-hydrogen) atoms. The van der Waals surface area contributed by atoms with Gasteiger partial charge in [0.05, 0.1) is 14.2 Å². The molecular weight excluding hydrogens is 379 g/mol. The number of hydrogen-bond acceptors (Lipinski definition) is 4. The van der Waals surface area contributed by atoms with Gasteiger partial charge in [0.15, 0.2) is 11.5 Å². The summed E-state index contributed by atoms with van der Waals surface area (Å²) in [6.45, 7) is 6.48. The molecule has 0 unspecified atom stereocenters. The van der Waals surface area contributed by atoms with Crippen LogP contribution in [0.3, 0.4) is 0 Å². The molecule has 0 saturated carbocycles. The highest BCUT2D eigenvalue weighted by atomic mass is 79.9. The Morgan fingerprint density at radius 1 is 1.10 bits per heavy atom. The van der Waals surface area contributed by atoms with Gasteiger partial charge in [0.1, 0.15) is 0 Å². The lowest BCUT2D eigenvalue weighted by molar-refractivity contribution is 0.184. The van der Waals surface area contributed by atoms with Gasteiger partial charge in [-0.15, -0.1) is 24.8 Å². The van der Waals surface area contributed by atoms with Gasteiger partial charge in [-0.2, -0.15) is 0 Å². The maximum atomic E-state index is 5.39. The van der Waals surface area contributed by atoms with Crippen LogP contribution in [0.15, 0.2) is 16.6 Å². The van der Waals surface area contributed by atoms with E-state index in [0.717, 1.165) is 42.2 Å². The first-order valence-corrected chi connectivity index (χ1v) is 7.33. The molecule has 1 fully saturated rings. The molecule has 0 radical (unpaired) electrons. The lowest BCUT2D eigenvalue weighted by Crippen LogP contribution is -2.44. The van der Waals surface area contributed by atoms with Crippen molar-refractivity contribution in [3.8, 4) is 11.5 Å². The minimum Gasteiger partial charge on any atom is -0.493 e. The Hall–Kier alpha value is -0.200. The third-order valence-corrected chi connectivity index (χ3v) is 4.34. The average Bonchev–Trinajstić information content (AvgIpc) is 2.47. The van der Waals surface area contributed by atoms with E-state index in [1.807, 2.05) is 6.07 Å². The summed E-state index contributed by atoms with van der Waals surface area (Å²) >= 11 is 3.64. The SMILES string of the molecule is COc1cc(Br)c([C@H](C)N2CCNCC2)cc1OC.Cl.Cl. The highest BCUT2D eigenvalue weighted by Gasteiger charge is 2.21. The highest BCUT2D eigenvalue weighted by molar-refractivity contribution is 9.10. The number of hydrogen-bond donors (Lipinski definition) is 1. The Morgan fingerprint density at radius 3 is 2.14 bits per heavy atom. The molecule has 1 N–H and O–H groups in total. The summed E-state index contributed by atoms with van der Waals surface area (Å²) in [5.41, 5.74) is 1.24. The molecule has 1 heterocycles. The number of ether oxygens (including phenoxy) is 2. The predicted molar refractivity (Wildman–Crippen MR) is 94.6 cm³/mol. The summed E-state index contributed by atoms with van der Waals surface area (Å²) in [6, 6.07) is 4.40. The largest absolute Gasteiger partial charge is 0.493 e. The summed E-state index contributed by atoms with van der Waals surface area (Å²) in [6.07, 6.45) is 0. The van der Waals surface area contributed by atoms with Crippen LogP contribution in [0.4, 0.5) is 0 Å². The zero-order chi connectivity index (χ0) is 13.8. The molecule has 1 saturated heterocycles. The van der Waals surface area contributed by atoms with Crippen molar-refractivity contribution >= 4 is 40.7 Å². The Morgan fingerprint density at radius 2 is 1.62 bits per heavy atom. The van der Waals surface area contributed by atoms with Gasteiger partial charge in [0, 0.05) is 36.7 Å². The van der Waals surface area contributed by atoms with Crippen molar-refractivity contribution in [2.45, 2.75) is 13.0 Å². The summed E-state index contributed by atoms with van der Waals surface area (Å²) in [5.74, 6) is 1.54. The van der Waals surface area contributed by atoms with Crippen LogP contribution in [0.1, 0.15) is 18.5 Å². The minimum absolute atomic E-state index is 0. The van der Waals surface area contributed by atoms with E-state index < -0.39 is 0 Å². The predicted octanol–water partition coefficient (Wildman–Crippen LogP) is 3.28. The molecule has 1 aromatic carbocycles. The van der Waals surface area contributed by atoms with Gasteiger partial charge in [0.25, 0.3) is 0 Å². The van der Waals surface area contributed by atoms with Crippen molar-refractivity contribution < 1.29 is 9.47 Å². The minimum atomic E-state index is 0. The van der Waals surface area contributed by atoms with Crippen LogP contribution in [0.5, 0.6) is 11.5 Å². The summed E-state index contributed by atoms with van der Waals surface area (Å²) in [5, 5.41) is 3.38. The van der Waals surface area contributed by atoms with Crippen LogP contribution >= 0.6 is 40.7 Å². The molecule has 7 heteroatoms. The highest BCUT2D eigenvalue weighted by Crippen LogP contribution is 2.37. The number of piperazine rings is 1. The molecule has 1 aromatic rings. The summed E-state index contributed by atoms with van der Waals surface area (Å²) in [4.78, 5) is 2.47. The zero-order valence-corrected chi connectivity index (χ0v) is 15.7. The molecular formula is C14H23BrCl2N2O2. The Kier molecular flexibility index (Phi) is 9.65. The van der Waals surface area contributed by atoms with Gasteiger partial charge in [-0.05, 0) is 24.6 Å². The van der Waals surface area contributed by atoms with Crippen molar-refractivity contribution in [1.29, 1.82) is 0 Å². The molecule has 1 aliphatic rings. The van der Waals surface area contributed by atoms with E-state index in [1.165, 1.54) is 5.56 Å². The first kappa shape index (κ1) is 20.8. The zero-order valence-electron chi connectivity index (χ0n) is 12.5. The third kappa shape index (κ3) is 4.89. The van der Waals surface area contributed by atoms with Gasteiger partial charge in [-0.3, -0.25) is 4.90 Å². The molecule has 4 nitrogen and oxygen atoms in total. The quantitative estimate of drug-likeness (QED) is 0.839. The monoisotopic (exact) mass is 400 g/mol. The normalized spacial score (nSPS) is 16.4. The van der Waals surface area contributed by atoms with E-state index in [1.54, 1.807) is 14.2 Å². The van der Waals surface area contributed by atoms with Crippen LogP contribution in [0, 0.1) is 0 Å². The van der Waals surface area contributed by atoms with E-state index in [-0.39, 0.29) is 24.8 Å². The van der Waals surface area contributed by atoms with Crippen LogP contribution in [-0.2, 0) is 0 Å². The van der Waals surface area contributed by atoms with E-state index in [0.29, 0.717) is 6.04 Å². The molecule has 0 bridgehead atoms. The third-order valence-electron chi connectivity index (χ3n) is 3.65. The number of halogens is 3. The van der Waals surface area contributed by atoms with E-state index >= 15 is 0 Å². The second kappa shape index (κ2) is 9.74. The molecule has 1 atom stereocenters. The van der Waals surface area contributed by atoms with Gasteiger partial charge in [0.2, 0.25) is 0 Å². The Labute approximate surface area is 147 Å². The molecule has 0 amide bonds. The maximum Gasteiger partial charge on any atom is 0.161 e. The lowest BCUT2D eigenvalue weighted by Gasteiger charge is -2.33. The van der Waals surface area contributed by atoms with Crippen molar-refractivity contribution in [3.05, 3.63) is 22.2 Å². The molecule has 0 aliphatic carbocycles. The standard InChI is InChI=1S/C14H21BrN2O2.2ClH/c1-10(17-6-4-16-5-7-17)11-8-13(18-2)14(19-3)9-12(11)15;;/h8-10,16H,4-7H2,1-3H3;2*1H/t10-;;/m0../s1. The lowest BCUT2D eigenvalue weighted by atomic mass is 10.1. The van der Waals surface area contributed by atoms with Crippen LogP contribution < -0.4 is 14.8 Å². The van der Waals surface area contributed by atoms with Gasteiger partial charge < -0.3 is 14.8 Å². The van der Waals surface area contributed by atoms with Gasteiger partial charge in [-0.25, -0.2) is 0 Å². The topological polar surface area (TPSA) is 33.7 Å². The van der Waals surface area contributed by atoms with Crippen LogP contribution in [0.25, 0.3) is 0 Å². The summed E-state index contributed by atoms with van der Waals surface area (Å²) < 4.78 is 11.8. The van der Waals surface area contributed by atoms with Crippen LogP contribution in [0.2, 0.25) is 0 Å². The molecule has 0 aromatic heterocycles. The molecule has 0 spiro atoms. The fraction of sp³-hybridized carbons (Fsp3) is 0.571. The number of nitrogens with one attached hydrogen (secondary N) is 1. The maximum absolute atomic E-state index is 5.39. The fourth-order valence-corrected chi connectivity index (χ4v) is 3.11. The van der Waals surface area contributed by atoms with Crippen molar-refractivity contribution in [1.82, 2.24) is 10.2 Å². The molecule has 1 aliphatic heterocycles. The van der Waals surface area contributed by atoms with Gasteiger partial charge in [-0.1, -0.05) is 15.9 Å². The van der Waals surface area contributed by atoms with Crippen LogP contribution in [-0.4, -0.2) is 45.3 Å². The number of nitrogens with zero attached hydrogens (tertiary/aromatic N) is 1. The van der Waals surface area contributed by atoms with Crippen molar-refractivity contribution in [3.63, 3.8) is 0 Å². The fourth-order valence-electron chi connectivity index (χ4n) is 2.46. The smallest absolute Gasteiger partial charge is 0.161 e. The van der Waals surface area contributed by atoms with Crippen molar-refractivity contribution in [2.75, 3.05) is 40.4 Å². The van der Waals surface area contributed by atoms with Gasteiger partial charge >= 0.3 is 0 Å². The number of benzene rings is 1. The number of methoxy groups -OCH3 is 2. The summed E-state index contributed by atoms with van der Waals surface area (Å²) in [7, 11) is 3.33. The van der Waals surface area contributed by atoms with E-state index in [2.05, 4.69) is 39.1 Å². The first-order chi connectivity index (χ1) is 9.17. The second-order valence-electron chi connectivity index (χ2n) is 4.69. The first-order valence-electron chi connectivity index (χ1n) is 6.53. The molecule has 2 rings (SSSR count).